The van der Waals surface area contributed by atoms with Gasteiger partial charge in [0, 0.05) is 23.8 Å². The van der Waals surface area contributed by atoms with Gasteiger partial charge in [-0.05, 0) is 32.8 Å². The highest BCUT2D eigenvalue weighted by atomic mass is 19.1. The summed E-state index contributed by atoms with van der Waals surface area (Å²) < 4.78 is 19.3. The molecule has 1 amide bonds. The monoisotopic (exact) mass is 355 g/mol. The number of furan rings is 1. The van der Waals surface area contributed by atoms with E-state index >= 15 is 0 Å². The van der Waals surface area contributed by atoms with Gasteiger partial charge in [-0.25, -0.2) is 14.4 Å². The number of anilines is 1. The van der Waals surface area contributed by atoms with Crippen molar-refractivity contribution in [1.29, 1.82) is 0 Å². The number of amides is 1. The van der Waals surface area contributed by atoms with Gasteiger partial charge in [0.15, 0.2) is 0 Å². The van der Waals surface area contributed by atoms with E-state index in [0.717, 1.165) is 19.0 Å². The fraction of sp³-hybridized carbons (Fsp3) is 0.333. The van der Waals surface area contributed by atoms with Gasteiger partial charge in [0.1, 0.15) is 23.7 Å². The zero-order valence-corrected chi connectivity index (χ0v) is 14.5. The van der Waals surface area contributed by atoms with Gasteiger partial charge < -0.3 is 15.1 Å². The number of rotatable bonds is 5. The lowest BCUT2D eigenvalue weighted by Crippen LogP contribution is -2.24. The highest BCUT2D eigenvalue weighted by molar-refractivity contribution is 6.10. The maximum Gasteiger partial charge on any atom is 0.255 e. The van der Waals surface area contributed by atoms with Gasteiger partial charge in [-0.15, -0.1) is 0 Å². The predicted molar refractivity (Wildman–Crippen MR) is 93.2 cm³/mol. The SMILES string of the molecule is Cc1oc2ncnc(NC3(C)CC3)c2c1C(=O)NCc1ccncc1F. The molecule has 2 N–H and O–H groups in total. The normalized spacial score (nSPS) is 15.0. The lowest BCUT2D eigenvalue weighted by Gasteiger charge is -2.13. The van der Waals surface area contributed by atoms with Gasteiger partial charge in [-0.1, -0.05) is 0 Å². The van der Waals surface area contributed by atoms with E-state index in [1.165, 1.54) is 18.6 Å². The van der Waals surface area contributed by atoms with Crippen LogP contribution in [0.5, 0.6) is 0 Å². The summed E-state index contributed by atoms with van der Waals surface area (Å²) in [7, 11) is 0. The maximum atomic E-state index is 13.7. The minimum atomic E-state index is -0.464. The van der Waals surface area contributed by atoms with Gasteiger partial charge in [0.05, 0.1) is 17.1 Å². The fourth-order valence-electron chi connectivity index (χ4n) is 2.82. The molecular weight excluding hydrogens is 337 g/mol. The van der Waals surface area contributed by atoms with Crippen LogP contribution in [0.3, 0.4) is 0 Å². The summed E-state index contributed by atoms with van der Waals surface area (Å²) in [5.41, 5.74) is 1.06. The first-order valence-electron chi connectivity index (χ1n) is 8.36. The van der Waals surface area contributed by atoms with Crippen molar-refractivity contribution in [2.24, 2.45) is 0 Å². The van der Waals surface area contributed by atoms with E-state index in [-0.39, 0.29) is 18.0 Å². The molecule has 0 aromatic carbocycles. The molecular formula is C18H18FN5O2. The van der Waals surface area contributed by atoms with E-state index in [9.17, 15) is 9.18 Å². The van der Waals surface area contributed by atoms with Gasteiger partial charge >= 0.3 is 0 Å². The predicted octanol–water partition coefficient (Wildman–Crippen LogP) is 2.96. The number of aromatic nitrogens is 3. The maximum absolute atomic E-state index is 13.7. The van der Waals surface area contributed by atoms with Crippen molar-refractivity contribution in [3.8, 4) is 0 Å². The summed E-state index contributed by atoms with van der Waals surface area (Å²) in [5, 5.41) is 6.65. The Morgan fingerprint density at radius 3 is 2.92 bits per heavy atom. The number of nitrogens with zero attached hydrogens (tertiary/aromatic N) is 3. The fourth-order valence-corrected chi connectivity index (χ4v) is 2.82. The first-order chi connectivity index (χ1) is 12.5. The number of halogens is 1. The van der Waals surface area contributed by atoms with Crippen LogP contribution in [-0.4, -0.2) is 26.4 Å². The summed E-state index contributed by atoms with van der Waals surface area (Å²) in [5.74, 6) is 0.189. The molecule has 0 spiro atoms. The van der Waals surface area contributed by atoms with Crippen LogP contribution >= 0.6 is 0 Å². The Balaban J connectivity index is 1.65. The van der Waals surface area contributed by atoms with Gasteiger partial charge in [0.25, 0.3) is 5.91 Å². The third-order valence-electron chi connectivity index (χ3n) is 4.61. The second kappa shape index (κ2) is 6.05. The minimum Gasteiger partial charge on any atom is -0.442 e. The number of pyridine rings is 1. The van der Waals surface area contributed by atoms with Crippen molar-refractivity contribution >= 4 is 22.8 Å². The number of carbonyl (C=O) groups excluding carboxylic acids is 1. The zero-order valence-electron chi connectivity index (χ0n) is 14.5. The average molecular weight is 355 g/mol. The highest BCUT2D eigenvalue weighted by Gasteiger charge is 2.38. The van der Waals surface area contributed by atoms with Crippen molar-refractivity contribution in [3.63, 3.8) is 0 Å². The summed E-state index contributed by atoms with van der Waals surface area (Å²) >= 11 is 0. The zero-order chi connectivity index (χ0) is 18.3. The molecule has 1 saturated carbocycles. The molecule has 8 heteroatoms. The highest BCUT2D eigenvalue weighted by Crippen LogP contribution is 2.40. The van der Waals surface area contributed by atoms with E-state index in [1.807, 2.05) is 0 Å². The van der Waals surface area contributed by atoms with E-state index in [0.29, 0.717) is 33.8 Å². The second-order valence-electron chi connectivity index (χ2n) is 6.77. The molecule has 4 rings (SSSR count). The van der Waals surface area contributed by atoms with E-state index in [1.54, 1.807) is 6.92 Å². The van der Waals surface area contributed by atoms with E-state index in [4.69, 9.17) is 4.42 Å². The number of fused-ring (bicyclic) bond motifs is 1. The Morgan fingerprint density at radius 1 is 1.38 bits per heavy atom. The van der Waals surface area contributed by atoms with Crippen LogP contribution in [0.15, 0.2) is 29.2 Å². The first kappa shape index (κ1) is 16.4. The van der Waals surface area contributed by atoms with Crippen LogP contribution in [-0.2, 0) is 6.54 Å². The standard InChI is InChI=1S/C18H18FN5O2/c1-10-13(16(25)21-7-11-3-6-20-8-12(11)19)14-15(24-18(2)4-5-18)22-9-23-17(14)26-10/h3,6,8-9H,4-5,7H2,1-2H3,(H,21,25)(H,22,23,24). The van der Waals surface area contributed by atoms with Crippen LogP contribution < -0.4 is 10.6 Å². The Kier molecular flexibility index (Phi) is 3.82. The summed E-state index contributed by atoms with van der Waals surface area (Å²) in [6, 6.07) is 1.53. The Labute approximate surface area is 149 Å². The smallest absolute Gasteiger partial charge is 0.255 e. The Bertz CT molecular complexity index is 996. The molecule has 0 atom stereocenters. The molecule has 0 saturated heterocycles. The van der Waals surface area contributed by atoms with Crippen LogP contribution in [0.25, 0.3) is 11.1 Å². The molecule has 26 heavy (non-hydrogen) atoms. The molecule has 1 aliphatic carbocycles. The number of hydrogen-bond acceptors (Lipinski definition) is 6. The van der Waals surface area contributed by atoms with Gasteiger partial charge in [0.2, 0.25) is 5.71 Å². The van der Waals surface area contributed by atoms with E-state index < -0.39 is 5.82 Å². The third-order valence-corrected chi connectivity index (χ3v) is 4.61. The molecule has 0 unspecified atom stereocenters. The average Bonchev–Trinajstić information content (AvgIpc) is 3.22. The largest absolute Gasteiger partial charge is 0.442 e. The molecule has 1 aliphatic rings. The Morgan fingerprint density at radius 2 is 2.19 bits per heavy atom. The van der Waals surface area contributed by atoms with Crippen LogP contribution in [0.2, 0.25) is 0 Å². The molecule has 134 valence electrons. The van der Waals surface area contributed by atoms with Crippen molar-refractivity contribution in [3.05, 3.63) is 47.5 Å². The van der Waals surface area contributed by atoms with Crippen molar-refractivity contribution in [2.75, 3.05) is 5.32 Å². The lowest BCUT2D eigenvalue weighted by atomic mass is 10.1. The minimum absolute atomic E-state index is 0.0135. The molecule has 1 fully saturated rings. The van der Waals surface area contributed by atoms with Gasteiger partial charge in [-0.3, -0.25) is 9.78 Å². The van der Waals surface area contributed by atoms with Gasteiger partial charge in [-0.2, -0.15) is 0 Å². The van der Waals surface area contributed by atoms with Crippen LogP contribution in [0.1, 0.15) is 41.4 Å². The van der Waals surface area contributed by atoms with Crippen LogP contribution in [0.4, 0.5) is 10.2 Å². The third kappa shape index (κ3) is 2.98. The Hall–Kier alpha value is -3.03. The van der Waals surface area contributed by atoms with Crippen molar-refractivity contribution in [2.45, 2.75) is 38.8 Å². The van der Waals surface area contributed by atoms with Crippen molar-refractivity contribution in [1.82, 2.24) is 20.3 Å². The topological polar surface area (TPSA) is 92.9 Å². The number of aryl methyl sites for hydroxylation is 1. The number of hydrogen-bond donors (Lipinski definition) is 2. The molecule has 7 nitrogen and oxygen atoms in total. The second-order valence-corrected chi connectivity index (χ2v) is 6.77. The quantitative estimate of drug-likeness (QED) is 0.731. The number of nitrogens with one attached hydrogen (secondary N) is 2. The molecule has 0 aliphatic heterocycles. The van der Waals surface area contributed by atoms with E-state index in [2.05, 4.69) is 32.5 Å². The molecule has 3 aromatic heterocycles. The molecule has 3 heterocycles. The summed E-state index contributed by atoms with van der Waals surface area (Å²) in [4.78, 5) is 24.9. The summed E-state index contributed by atoms with van der Waals surface area (Å²) in [6.07, 6.45) is 6.09. The summed E-state index contributed by atoms with van der Waals surface area (Å²) in [6.45, 7) is 3.85. The lowest BCUT2D eigenvalue weighted by molar-refractivity contribution is 0.0950. The first-order valence-corrected chi connectivity index (χ1v) is 8.36. The molecule has 3 aromatic rings. The van der Waals surface area contributed by atoms with Crippen LogP contribution in [0, 0.1) is 12.7 Å². The number of carbonyl (C=O) groups is 1. The molecule has 0 radical (unpaired) electrons. The van der Waals surface area contributed by atoms with Crippen molar-refractivity contribution < 1.29 is 13.6 Å². The molecule has 0 bridgehead atoms.